The number of hydrogen-bond donors (Lipinski definition) is 0. The fourth-order valence-electron chi connectivity index (χ4n) is 2.93. The molecule has 1 aromatic heterocycles. The highest BCUT2D eigenvalue weighted by Gasteiger charge is 2.30. The summed E-state index contributed by atoms with van der Waals surface area (Å²) < 4.78 is 43.6. The van der Waals surface area contributed by atoms with Gasteiger partial charge in [0.25, 0.3) is 0 Å². The van der Waals surface area contributed by atoms with Gasteiger partial charge < -0.3 is 4.74 Å². The van der Waals surface area contributed by atoms with Gasteiger partial charge in [0.1, 0.15) is 6.61 Å². The van der Waals surface area contributed by atoms with Gasteiger partial charge in [0, 0.05) is 5.22 Å². The molecule has 1 heterocycles. The summed E-state index contributed by atoms with van der Waals surface area (Å²) in [5, 5.41) is 1.61. The van der Waals surface area contributed by atoms with Crippen molar-refractivity contribution in [3.8, 4) is 0 Å². The van der Waals surface area contributed by atoms with Crippen LogP contribution in [0.15, 0.2) is 42.5 Å². The molecule has 3 nitrogen and oxygen atoms in total. The maximum Gasteiger partial charge on any atom is 0.416 e. The summed E-state index contributed by atoms with van der Waals surface area (Å²) in [5.41, 5.74) is 0.329. The van der Waals surface area contributed by atoms with E-state index < -0.39 is 17.7 Å². The van der Waals surface area contributed by atoms with E-state index in [0.29, 0.717) is 17.2 Å². The highest BCUT2D eigenvalue weighted by molar-refractivity contribution is 5.90. The Bertz CT molecular complexity index is 1040. The minimum atomic E-state index is -4.44. The van der Waals surface area contributed by atoms with Crippen LogP contribution in [-0.2, 0) is 17.5 Å². The van der Waals surface area contributed by atoms with Crippen LogP contribution in [0.1, 0.15) is 40.5 Å². The molecule has 1 aliphatic carbocycles. The van der Waals surface area contributed by atoms with Crippen LogP contribution >= 0.6 is 0 Å². The summed E-state index contributed by atoms with van der Waals surface area (Å²) >= 11 is 0. The second kappa shape index (κ2) is 8.00. The predicted molar refractivity (Wildman–Crippen MR) is 101 cm³/mol. The van der Waals surface area contributed by atoms with Crippen LogP contribution in [0, 0.1) is 12.8 Å². The number of allylic oxidation sites excluding steroid dienone is 2. The molecule has 0 amide bonds. The fraction of sp³-hybridized carbons (Fsp3) is 0.273. The number of fused-ring (bicyclic) bond motifs is 1. The number of benzene rings is 1. The van der Waals surface area contributed by atoms with Crippen molar-refractivity contribution in [3.05, 3.63) is 75.4 Å². The van der Waals surface area contributed by atoms with Crippen LogP contribution in [0.4, 0.5) is 13.2 Å². The van der Waals surface area contributed by atoms with Gasteiger partial charge in [-0.25, -0.2) is 4.79 Å². The lowest BCUT2D eigenvalue weighted by Crippen LogP contribution is -2.31. The zero-order chi connectivity index (χ0) is 20.3. The Morgan fingerprint density at radius 1 is 1.29 bits per heavy atom. The molecule has 0 bridgehead atoms. The molecule has 0 radical (unpaired) electrons. The first-order chi connectivity index (χ1) is 13.2. The number of alkyl halides is 3. The van der Waals surface area contributed by atoms with E-state index in [1.165, 1.54) is 12.1 Å². The molecule has 0 aliphatic heterocycles. The van der Waals surface area contributed by atoms with Gasteiger partial charge in [-0.05, 0) is 43.0 Å². The normalized spacial score (nSPS) is 16.2. The quantitative estimate of drug-likeness (QED) is 0.750. The van der Waals surface area contributed by atoms with Crippen molar-refractivity contribution in [1.29, 1.82) is 0 Å². The third-order valence-electron chi connectivity index (χ3n) is 4.52. The van der Waals surface area contributed by atoms with E-state index >= 15 is 0 Å². The minimum absolute atomic E-state index is 0.244. The molecule has 0 spiro atoms. The van der Waals surface area contributed by atoms with Crippen LogP contribution < -0.4 is 10.6 Å². The number of aromatic nitrogens is 1. The van der Waals surface area contributed by atoms with Crippen LogP contribution in [-0.4, -0.2) is 11.0 Å². The second-order valence-corrected chi connectivity index (χ2v) is 6.84. The van der Waals surface area contributed by atoms with Gasteiger partial charge in [0.05, 0.1) is 22.2 Å². The smallest absolute Gasteiger partial charge is 0.416 e. The van der Waals surface area contributed by atoms with Gasteiger partial charge >= 0.3 is 12.1 Å². The van der Waals surface area contributed by atoms with E-state index in [9.17, 15) is 18.0 Å². The van der Waals surface area contributed by atoms with Gasteiger partial charge in [-0.3, -0.25) is 4.98 Å². The number of carbonyl (C=O) groups is 1. The van der Waals surface area contributed by atoms with Crippen molar-refractivity contribution in [2.45, 2.75) is 33.1 Å². The number of pyridine rings is 1. The predicted octanol–water partition coefficient (Wildman–Crippen LogP) is 3.92. The maximum atomic E-state index is 12.8. The number of nitrogens with zero attached hydrogens (tertiary/aromatic N) is 1. The number of ether oxygens (including phenoxy) is 1. The summed E-state index contributed by atoms with van der Waals surface area (Å²) in [5.74, 6) is -0.207. The molecule has 1 aliphatic rings. The molecule has 0 saturated heterocycles. The molecule has 2 aromatic rings. The monoisotopic (exact) mass is 387 g/mol. The Morgan fingerprint density at radius 2 is 2.07 bits per heavy atom. The molecule has 1 unspecified atom stereocenters. The number of carbonyl (C=O) groups excluding carboxylic acids is 1. The number of hydrogen-bond acceptors (Lipinski definition) is 3. The summed E-state index contributed by atoms with van der Waals surface area (Å²) in [4.78, 5) is 17.0. The Labute approximate surface area is 160 Å². The molecule has 1 aromatic carbocycles. The Balaban J connectivity index is 1.82. The number of rotatable bonds is 3. The number of esters is 1. The van der Waals surface area contributed by atoms with Gasteiger partial charge in [-0.2, -0.15) is 13.2 Å². The van der Waals surface area contributed by atoms with Crippen LogP contribution in [0.5, 0.6) is 0 Å². The van der Waals surface area contributed by atoms with E-state index in [1.807, 2.05) is 18.2 Å². The summed E-state index contributed by atoms with van der Waals surface area (Å²) in [6, 6.07) is 6.46. The van der Waals surface area contributed by atoms with Crippen molar-refractivity contribution < 1.29 is 22.7 Å². The Kier molecular flexibility index (Phi) is 5.68. The summed E-state index contributed by atoms with van der Waals surface area (Å²) in [6.07, 6.45) is 4.34. The van der Waals surface area contributed by atoms with Crippen molar-refractivity contribution in [1.82, 2.24) is 4.98 Å². The molecular formula is C22H20F3NO2. The molecule has 0 fully saturated rings. The molecule has 146 valence electrons. The minimum Gasteiger partial charge on any atom is -0.457 e. The van der Waals surface area contributed by atoms with Crippen molar-refractivity contribution in [3.63, 3.8) is 0 Å². The summed E-state index contributed by atoms with van der Waals surface area (Å²) in [6.45, 7) is 3.58. The van der Waals surface area contributed by atoms with Crippen LogP contribution in [0.2, 0.25) is 0 Å². The van der Waals surface area contributed by atoms with Crippen molar-refractivity contribution >= 4 is 18.1 Å². The lowest BCUT2D eigenvalue weighted by Gasteiger charge is -2.10. The first-order valence-corrected chi connectivity index (χ1v) is 8.93. The van der Waals surface area contributed by atoms with E-state index in [2.05, 4.69) is 18.0 Å². The van der Waals surface area contributed by atoms with Crippen LogP contribution in [0.3, 0.4) is 0 Å². The lowest BCUT2D eigenvalue weighted by molar-refractivity contribution is -0.137. The maximum absolute atomic E-state index is 12.8. The van der Waals surface area contributed by atoms with E-state index in [-0.39, 0.29) is 12.2 Å². The SMILES string of the molecule is Cc1nc2c(cc1C(=O)OCc1cccc(C(F)(F)F)c1)=CC=CC(C)CC=2. The van der Waals surface area contributed by atoms with Gasteiger partial charge in [0.15, 0.2) is 0 Å². The third-order valence-corrected chi connectivity index (χ3v) is 4.52. The van der Waals surface area contributed by atoms with Crippen molar-refractivity contribution in [2.24, 2.45) is 5.92 Å². The fourth-order valence-corrected chi connectivity index (χ4v) is 2.93. The summed E-state index contributed by atoms with van der Waals surface area (Å²) in [7, 11) is 0. The highest BCUT2D eigenvalue weighted by Crippen LogP contribution is 2.29. The van der Waals surface area contributed by atoms with Crippen LogP contribution in [0.25, 0.3) is 12.2 Å². The zero-order valence-electron chi connectivity index (χ0n) is 15.6. The lowest BCUT2D eigenvalue weighted by atomic mass is 10.0. The molecule has 0 saturated carbocycles. The molecule has 28 heavy (non-hydrogen) atoms. The first kappa shape index (κ1) is 19.9. The topological polar surface area (TPSA) is 39.2 Å². The van der Waals surface area contributed by atoms with E-state index in [0.717, 1.165) is 29.1 Å². The average molecular weight is 387 g/mol. The molecule has 3 rings (SSSR count). The van der Waals surface area contributed by atoms with Gasteiger partial charge in [-0.1, -0.05) is 43.4 Å². The average Bonchev–Trinajstić information content (AvgIpc) is 2.63. The Hall–Kier alpha value is -2.89. The standard InChI is InChI=1S/C22H20F3NO2/c1-14-5-3-7-17-12-19(15(2)26-20(17)10-9-14)21(27)28-13-16-6-4-8-18(11-16)22(23,24)25/h3-8,10-12,14H,9,13H2,1-2H3. The molecule has 6 heteroatoms. The number of halogens is 3. The third kappa shape index (κ3) is 4.68. The van der Waals surface area contributed by atoms with E-state index in [1.54, 1.807) is 13.0 Å². The highest BCUT2D eigenvalue weighted by atomic mass is 19.4. The first-order valence-electron chi connectivity index (χ1n) is 8.93. The zero-order valence-corrected chi connectivity index (χ0v) is 15.6. The number of aryl methyl sites for hydroxylation is 1. The molecule has 0 N–H and O–H groups in total. The van der Waals surface area contributed by atoms with E-state index in [4.69, 9.17) is 4.74 Å². The second-order valence-electron chi connectivity index (χ2n) is 6.84. The molecule has 1 atom stereocenters. The van der Waals surface area contributed by atoms with Gasteiger partial charge in [-0.15, -0.1) is 0 Å². The van der Waals surface area contributed by atoms with Crippen molar-refractivity contribution in [2.75, 3.05) is 0 Å². The Morgan fingerprint density at radius 3 is 2.82 bits per heavy atom. The van der Waals surface area contributed by atoms with Gasteiger partial charge in [0.2, 0.25) is 0 Å². The molecular weight excluding hydrogens is 367 g/mol. The largest absolute Gasteiger partial charge is 0.457 e.